The third-order valence-corrected chi connectivity index (χ3v) is 4.55. The summed E-state index contributed by atoms with van der Waals surface area (Å²) in [6.45, 7) is 1.45. The van der Waals surface area contributed by atoms with Crippen molar-refractivity contribution in [3.05, 3.63) is 42.4 Å². The Kier molecular flexibility index (Phi) is 6.35. The van der Waals surface area contributed by atoms with E-state index in [0.717, 1.165) is 12.8 Å². The summed E-state index contributed by atoms with van der Waals surface area (Å²) in [5.41, 5.74) is 1.55. The maximum Gasteiger partial charge on any atom is 0.275 e. The second kappa shape index (κ2) is 9.12. The number of anilines is 3. The smallest absolute Gasteiger partial charge is 0.275 e. The molecule has 2 amide bonds. The van der Waals surface area contributed by atoms with Gasteiger partial charge in [-0.3, -0.25) is 9.59 Å². The average molecular weight is 367 g/mol. The van der Waals surface area contributed by atoms with Gasteiger partial charge in [0.2, 0.25) is 5.91 Å². The number of nitrogens with zero attached hydrogens (tertiary/aromatic N) is 2. The molecule has 0 atom stereocenters. The summed E-state index contributed by atoms with van der Waals surface area (Å²) >= 11 is 0. The van der Waals surface area contributed by atoms with Gasteiger partial charge in [0.1, 0.15) is 11.5 Å². The van der Waals surface area contributed by atoms with Gasteiger partial charge < -0.3 is 16.0 Å². The standard InChI is InChI=1S/C20H25N5O2/c1-14(26)23-16-8-10-17(11-9-16)25-20(27)18-12-22-19(13-21-18)24-15-6-4-2-3-5-7-15/h8-13,15H,2-7H2,1H3,(H,22,24)(H,23,26)(H,25,27). The highest BCUT2D eigenvalue weighted by Crippen LogP contribution is 2.20. The van der Waals surface area contributed by atoms with Crippen LogP contribution in [0.5, 0.6) is 0 Å². The van der Waals surface area contributed by atoms with Crippen molar-refractivity contribution < 1.29 is 9.59 Å². The molecule has 27 heavy (non-hydrogen) atoms. The fraction of sp³-hybridized carbons (Fsp3) is 0.400. The highest BCUT2D eigenvalue weighted by molar-refractivity contribution is 6.02. The van der Waals surface area contributed by atoms with Crippen LogP contribution in [0.3, 0.4) is 0 Å². The number of hydrogen-bond acceptors (Lipinski definition) is 5. The molecule has 1 aliphatic carbocycles. The number of benzene rings is 1. The number of hydrogen-bond donors (Lipinski definition) is 3. The average Bonchev–Trinajstić information content (AvgIpc) is 2.92. The van der Waals surface area contributed by atoms with Crippen molar-refractivity contribution in [2.24, 2.45) is 0 Å². The van der Waals surface area contributed by atoms with Gasteiger partial charge in [-0.05, 0) is 37.1 Å². The monoisotopic (exact) mass is 367 g/mol. The molecule has 3 rings (SSSR count). The summed E-state index contributed by atoms with van der Waals surface area (Å²) < 4.78 is 0. The summed E-state index contributed by atoms with van der Waals surface area (Å²) in [6.07, 6.45) is 10.5. The molecule has 0 aliphatic heterocycles. The van der Waals surface area contributed by atoms with Crippen LogP contribution >= 0.6 is 0 Å². The van der Waals surface area contributed by atoms with Crippen molar-refractivity contribution in [3.63, 3.8) is 0 Å². The van der Waals surface area contributed by atoms with Crippen LogP contribution in [0.25, 0.3) is 0 Å². The highest BCUT2D eigenvalue weighted by atomic mass is 16.2. The Hall–Kier alpha value is -2.96. The summed E-state index contributed by atoms with van der Waals surface area (Å²) in [7, 11) is 0. The molecule has 1 heterocycles. The number of rotatable bonds is 5. The van der Waals surface area contributed by atoms with Gasteiger partial charge >= 0.3 is 0 Å². The van der Waals surface area contributed by atoms with E-state index in [2.05, 4.69) is 25.9 Å². The van der Waals surface area contributed by atoms with Crippen LogP contribution in [0.4, 0.5) is 17.2 Å². The second-order valence-electron chi connectivity index (χ2n) is 6.83. The minimum absolute atomic E-state index is 0.139. The maximum absolute atomic E-state index is 12.3. The molecule has 0 saturated heterocycles. The lowest BCUT2D eigenvalue weighted by Crippen LogP contribution is -2.20. The molecule has 1 saturated carbocycles. The molecule has 3 N–H and O–H groups in total. The first-order chi connectivity index (χ1) is 13.1. The Morgan fingerprint density at radius 2 is 1.52 bits per heavy atom. The van der Waals surface area contributed by atoms with E-state index in [-0.39, 0.29) is 17.5 Å². The Bertz CT molecular complexity index is 766. The fourth-order valence-corrected chi connectivity index (χ4v) is 3.19. The molecule has 1 aromatic carbocycles. The molecular weight excluding hydrogens is 342 g/mol. The third-order valence-electron chi connectivity index (χ3n) is 4.55. The predicted octanol–water partition coefficient (Wildman–Crippen LogP) is 3.82. The molecule has 0 unspecified atom stereocenters. The van der Waals surface area contributed by atoms with Gasteiger partial charge in [-0.1, -0.05) is 25.7 Å². The quantitative estimate of drug-likeness (QED) is 0.698. The topological polar surface area (TPSA) is 96.0 Å². The Labute approximate surface area is 159 Å². The number of carbonyl (C=O) groups is 2. The van der Waals surface area contributed by atoms with Crippen LogP contribution in [0, 0.1) is 0 Å². The molecule has 7 heteroatoms. The van der Waals surface area contributed by atoms with Crippen LogP contribution in [0.15, 0.2) is 36.7 Å². The van der Waals surface area contributed by atoms with Crippen molar-refractivity contribution in [1.82, 2.24) is 9.97 Å². The number of nitrogens with one attached hydrogen (secondary N) is 3. The first-order valence-electron chi connectivity index (χ1n) is 9.38. The zero-order chi connectivity index (χ0) is 19.1. The Morgan fingerprint density at radius 3 is 2.07 bits per heavy atom. The van der Waals surface area contributed by atoms with Crippen LogP contribution in [-0.4, -0.2) is 27.8 Å². The summed E-state index contributed by atoms with van der Waals surface area (Å²) in [5.74, 6) is 0.244. The molecule has 1 aromatic heterocycles. The van der Waals surface area contributed by atoms with Gasteiger partial charge in [0.05, 0.1) is 12.4 Å². The number of amides is 2. The van der Waals surface area contributed by atoms with E-state index in [9.17, 15) is 9.59 Å². The predicted molar refractivity (Wildman–Crippen MR) is 106 cm³/mol. The summed E-state index contributed by atoms with van der Waals surface area (Å²) in [5, 5.41) is 8.87. The van der Waals surface area contributed by atoms with Crippen molar-refractivity contribution in [3.8, 4) is 0 Å². The zero-order valence-corrected chi connectivity index (χ0v) is 15.5. The Balaban J connectivity index is 1.56. The third kappa shape index (κ3) is 5.77. The highest BCUT2D eigenvalue weighted by Gasteiger charge is 2.13. The van der Waals surface area contributed by atoms with Crippen molar-refractivity contribution in [2.75, 3.05) is 16.0 Å². The summed E-state index contributed by atoms with van der Waals surface area (Å²) in [4.78, 5) is 31.9. The van der Waals surface area contributed by atoms with Crippen molar-refractivity contribution in [1.29, 1.82) is 0 Å². The normalized spacial score (nSPS) is 14.9. The van der Waals surface area contributed by atoms with Crippen LogP contribution in [-0.2, 0) is 4.79 Å². The van der Waals surface area contributed by atoms with Gasteiger partial charge in [-0.2, -0.15) is 0 Å². The maximum atomic E-state index is 12.3. The molecule has 1 aliphatic rings. The van der Waals surface area contributed by atoms with Gasteiger partial charge in [0.15, 0.2) is 0 Å². The first-order valence-corrected chi connectivity index (χ1v) is 9.38. The lowest BCUT2D eigenvalue weighted by atomic mass is 10.1. The molecular formula is C20H25N5O2. The van der Waals surface area contributed by atoms with Gasteiger partial charge in [-0.15, -0.1) is 0 Å². The van der Waals surface area contributed by atoms with E-state index >= 15 is 0 Å². The largest absolute Gasteiger partial charge is 0.366 e. The summed E-state index contributed by atoms with van der Waals surface area (Å²) in [6, 6.07) is 7.32. The van der Waals surface area contributed by atoms with Crippen molar-refractivity contribution >= 4 is 29.0 Å². The van der Waals surface area contributed by atoms with E-state index in [1.54, 1.807) is 30.5 Å². The van der Waals surface area contributed by atoms with Crippen molar-refractivity contribution in [2.45, 2.75) is 51.5 Å². The van der Waals surface area contributed by atoms with Crippen LogP contribution in [0.2, 0.25) is 0 Å². The lowest BCUT2D eigenvalue weighted by Gasteiger charge is -2.16. The minimum Gasteiger partial charge on any atom is -0.366 e. The van der Waals surface area contributed by atoms with E-state index < -0.39 is 0 Å². The molecule has 0 spiro atoms. The SMILES string of the molecule is CC(=O)Nc1ccc(NC(=O)c2cnc(NC3CCCCCC3)cn2)cc1. The second-order valence-corrected chi connectivity index (χ2v) is 6.83. The van der Waals surface area contributed by atoms with Crippen LogP contribution in [0.1, 0.15) is 55.9 Å². The molecule has 0 radical (unpaired) electrons. The van der Waals surface area contributed by atoms with Crippen LogP contribution < -0.4 is 16.0 Å². The van der Waals surface area contributed by atoms with Gasteiger partial charge in [-0.25, -0.2) is 9.97 Å². The van der Waals surface area contributed by atoms with E-state index in [0.29, 0.717) is 23.2 Å². The number of aromatic nitrogens is 2. The van der Waals surface area contributed by atoms with E-state index in [4.69, 9.17) is 0 Å². The molecule has 2 aromatic rings. The molecule has 0 bridgehead atoms. The molecule has 1 fully saturated rings. The minimum atomic E-state index is -0.323. The van der Waals surface area contributed by atoms with Gasteiger partial charge in [0.25, 0.3) is 5.91 Å². The zero-order valence-electron chi connectivity index (χ0n) is 15.5. The first kappa shape index (κ1) is 18.8. The fourth-order valence-electron chi connectivity index (χ4n) is 3.19. The lowest BCUT2D eigenvalue weighted by molar-refractivity contribution is -0.114. The number of carbonyl (C=O) groups excluding carboxylic acids is 2. The van der Waals surface area contributed by atoms with E-state index in [1.807, 2.05) is 0 Å². The Morgan fingerprint density at radius 1 is 0.889 bits per heavy atom. The van der Waals surface area contributed by atoms with Gasteiger partial charge in [0, 0.05) is 24.3 Å². The molecule has 142 valence electrons. The van der Waals surface area contributed by atoms with E-state index in [1.165, 1.54) is 38.8 Å². The molecule has 7 nitrogen and oxygen atoms in total.